The van der Waals surface area contributed by atoms with Crippen LogP contribution in [-0.4, -0.2) is 218 Å². The number of fused-ring (bicyclic) bond motifs is 8. The van der Waals surface area contributed by atoms with E-state index < -0.39 is 275 Å². The van der Waals surface area contributed by atoms with Crippen LogP contribution in [0.4, 0.5) is 0 Å². The number of cyclic esters (lactones) is 1. The molecule has 4 aliphatic heterocycles. The van der Waals surface area contributed by atoms with Gasteiger partial charge < -0.3 is 150 Å². The Kier molecular flexibility index (Phi) is 15.4. The van der Waals surface area contributed by atoms with Gasteiger partial charge in [0.15, 0.2) is 81.2 Å². The van der Waals surface area contributed by atoms with E-state index in [4.69, 9.17) is 42.6 Å². The molecule has 4 heterocycles. The fourth-order valence-corrected chi connectivity index (χ4v) is 9.83. The number of hydrogen-bond acceptors (Lipinski definition) is 36. The zero-order valence-electron chi connectivity index (χ0n) is 44.2. The van der Waals surface area contributed by atoms with Gasteiger partial charge in [0, 0.05) is 28.3 Å². The van der Waals surface area contributed by atoms with Crippen molar-refractivity contribution in [1.29, 1.82) is 0 Å². The predicted molar refractivity (Wildman–Crippen MR) is 276 cm³/mol. The number of phenolic OH excluding ortho intramolecular Hbond substituents is 17. The van der Waals surface area contributed by atoms with Gasteiger partial charge in [0.2, 0.25) is 58.9 Å². The Morgan fingerprint density at radius 3 is 1.31 bits per heavy atom. The summed E-state index contributed by atoms with van der Waals surface area (Å²) in [5.41, 5.74) is -10.5. The van der Waals surface area contributed by atoms with Gasteiger partial charge in [-0.05, 0) is 36.4 Å². The summed E-state index contributed by atoms with van der Waals surface area (Å²) >= 11 is 0. The maximum absolute atomic E-state index is 14.1. The van der Waals surface area contributed by atoms with Crippen LogP contribution >= 0.6 is 0 Å². The monoisotopic (exact) mass is 1270 g/mol. The first-order valence-electron chi connectivity index (χ1n) is 25.2. The van der Waals surface area contributed by atoms with Crippen LogP contribution in [0.5, 0.6) is 109 Å². The third-order valence-electron chi connectivity index (χ3n) is 14.3. The quantitative estimate of drug-likeness (QED) is 0.0559. The number of aliphatic hydroxyl groups is 4. The molecule has 10 atom stereocenters. The molecular formula is C54H42O36. The summed E-state index contributed by atoms with van der Waals surface area (Å²) < 4.78 is 48.7. The van der Waals surface area contributed by atoms with Gasteiger partial charge >= 0.3 is 35.8 Å². The van der Waals surface area contributed by atoms with E-state index in [-0.39, 0.29) is 0 Å². The molecule has 474 valence electrons. The molecule has 36 nitrogen and oxygen atoms in total. The Morgan fingerprint density at radius 2 is 0.833 bits per heavy atom. The van der Waals surface area contributed by atoms with E-state index >= 15 is 0 Å². The van der Waals surface area contributed by atoms with Gasteiger partial charge in [-0.1, -0.05) is 0 Å². The number of ether oxygens (including phenoxy) is 9. The van der Waals surface area contributed by atoms with E-state index in [1.54, 1.807) is 0 Å². The zero-order valence-corrected chi connectivity index (χ0v) is 44.2. The first kappa shape index (κ1) is 61.4. The van der Waals surface area contributed by atoms with Gasteiger partial charge in [-0.2, -0.15) is 0 Å². The Labute approximate surface area is 495 Å². The SMILES string of the molecule is O=C(OC1OC(CO)C(O)C2OC(=O)c3cc(O)c(O)c(O)c3-c3c(cc(O)c(O)c3O)C(=O)OC12)c1cc(O)c(O)c(Oc2c(C(=O)OC3OC4COC(=O)c5cc(O)c(O)c(O)c5-c5c(cc(O)c(O)c5O)C(=O)OC4C(O)C3O)cc(O)c(O)c2O)c1. The number of benzene rings is 6. The zero-order chi connectivity index (χ0) is 65.7. The highest BCUT2D eigenvalue weighted by Gasteiger charge is 2.54. The lowest BCUT2D eigenvalue weighted by Gasteiger charge is -2.42. The van der Waals surface area contributed by atoms with Crippen LogP contribution in [0.15, 0.2) is 42.5 Å². The van der Waals surface area contributed by atoms with E-state index in [0.717, 1.165) is 0 Å². The Hall–Kier alpha value is -11.7. The molecule has 0 spiro atoms. The van der Waals surface area contributed by atoms with Gasteiger partial charge in [0.1, 0.15) is 42.7 Å². The maximum Gasteiger partial charge on any atom is 0.344 e. The Bertz CT molecular complexity index is 4080. The largest absolute Gasteiger partial charge is 0.504 e. The summed E-state index contributed by atoms with van der Waals surface area (Å²) in [7, 11) is 0. The second-order valence-corrected chi connectivity index (χ2v) is 19.7. The van der Waals surface area contributed by atoms with Gasteiger partial charge in [-0.15, -0.1) is 0 Å². The fraction of sp³-hybridized carbons (Fsp3) is 0.222. The summed E-state index contributed by atoms with van der Waals surface area (Å²) in [6.07, 6.45) is -23.4. The molecule has 21 N–H and O–H groups in total. The van der Waals surface area contributed by atoms with Gasteiger partial charge in [0.05, 0.1) is 34.4 Å². The number of aliphatic hydroxyl groups excluding tert-OH is 4. The number of carbonyl (C=O) groups is 6. The molecule has 0 amide bonds. The summed E-state index contributed by atoms with van der Waals surface area (Å²) in [6.45, 7) is -2.42. The minimum absolute atomic E-state index is 0.306. The van der Waals surface area contributed by atoms with E-state index in [2.05, 4.69) is 0 Å². The number of aromatic hydroxyl groups is 17. The van der Waals surface area contributed by atoms with Crippen LogP contribution < -0.4 is 4.74 Å². The highest BCUT2D eigenvalue weighted by molar-refractivity contribution is 6.10. The third-order valence-corrected chi connectivity index (χ3v) is 14.3. The van der Waals surface area contributed by atoms with Crippen molar-refractivity contribution < 1.29 is 179 Å². The topological polar surface area (TPSA) is 610 Å². The first-order chi connectivity index (χ1) is 42.4. The molecular weight excluding hydrogens is 1220 g/mol. The molecule has 0 bridgehead atoms. The van der Waals surface area contributed by atoms with E-state index in [0.29, 0.717) is 42.5 Å². The van der Waals surface area contributed by atoms with Crippen molar-refractivity contribution >= 4 is 35.8 Å². The van der Waals surface area contributed by atoms with Crippen LogP contribution in [-0.2, 0) is 37.9 Å². The smallest absolute Gasteiger partial charge is 0.344 e. The highest BCUT2D eigenvalue weighted by atomic mass is 16.7. The molecule has 0 aliphatic carbocycles. The van der Waals surface area contributed by atoms with Crippen molar-refractivity contribution in [3.63, 3.8) is 0 Å². The van der Waals surface area contributed by atoms with E-state index in [9.17, 15) is 136 Å². The second kappa shape index (κ2) is 22.5. The van der Waals surface area contributed by atoms with Crippen molar-refractivity contribution in [3.05, 3.63) is 75.8 Å². The summed E-state index contributed by atoms with van der Waals surface area (Å²) in [6, 6.07) is 2.95. The maximum atomic E-state index is 14.1. The Morgan fingerprint density at radius 1 is 0.422 bits per heavy atom. The molecule has 90 heavy (non-hydrogen) atoms. The van der Waals surface area contributed by atoms with Gasteiger partial charge in [-0.25, -0.2) is 28.8 Å². The number of phenols is 17. The lowest BCUT2D eigenvalue weighted by atomic mass is 9.91. The summed E-state index contributed by atoms with van der Waals surface area (Å²) in [5, 5.41) is 225. The van der Waals surface area contributed by atoms with Gasteiger partial charge in [-0.3, -0.25) is 0 Å². The molecule has 0 radical (unpaired) electrons. The van der Waals surface area contributed by atoms with Crippen LogP contribution in [0.2, 0.25) is 0 Å². The molecule has 6 aromatic carbocycles. The van der Waals surface area contributed by atoms with Crippen molar-refractivity contribution in [1.82, 2.24) is 0 Å². The molecule has 10 unspecified atom stereocenters. The molecule has 2 fully saturated rings. The van der Waals surface area contributed by atoms with E-state index in [1.165, 1.54) is 0 Å². The lowest BCUT2D eigenvalue weighted by Crippen LogP contribution is -2.62. The van der Waals surface area contributed by atoms with Crippen molar-refractivity contribution in [2.24, 2.45) is 0 Å². The molecule has 6 aromatic rings. The first-order valence-corrected chi connectivity index (χ1v) is 25.2. The number of rotatable bonds is 7. The normalized spacial score (nSPS) is 23.0. The summed E-state index contributed by atoms with van der Waals surface area (Å²) in [5.74, 6) is -36.3. The van der Waals surface area contributed by atoms with Crippen molar-refractivity contribution in [2.75, 3.05) is 13.2 Å². The minimum Gasteiger partial charge on any atom is -0.504 e. The number of hydrogen-bond donors (Lipinski definition) is 21. The lowest BCUT2D eigenvalue weighted by molar-refractivity contribution is -0.284. The standard InChI is InChI=1S/C54H42O36/c55-8-23-35(68)45-46(88-51(80)14-6-20(60)33(66)39(72)28(14)27-13(50(79)87-45)5-19(59)32(65)38(27)71)54(84-23)89-47(76)10-1-16(56)29(62)22(2-10)83-43-15(7-21(61)34(67)40(43)73)52(81)90-53-42(75)41(74)44-24(85-53)9-82-48(77)11-3-17(57)30(63)36(69)25(11)26-12(49(78)86-44)4-18(58)31(64)37(26)70/h1-7,23-24,35,41-42,44-46,53-75H,8-9H2. The molecule has 0 saturated carbocycles. The van der Waals surface area contributed by atoms with Crippen molar-refractivity contribution in [2.45, 2.75) is 61.4 Å². The molecule has 36 heteroatoms. The minimum atomic E-state index is -2.57. The fourth-order valence-electron chi connectivity index (χ4n) is 9.83. The Balaban J connectivity index is 0.947. The number of esters is 6. The van der Waals surface area contributed by atoms with Crippen molar-refractivity contribution in [3.8, 4) is 131 Å². The van der Waals surface area contributed by atoms with Gasteiger partial charge in [0.25, 0.3) is 0 Å². The molecule has 4 aliphatic rings. The van der Waals surface area contributed by atoms with Crippen LogP contribution in [0.1, 0.15) is 62.1 Å². The average molecular weight is 1270 g/mol. The van der Waals surface area contributed by atoms with Crippen LogP contribution in [0.25, 0.3) is 22.3 Å². The average Bonchev–Trinajstić information content (AvgIpc) is 2.36. The number of carbonyl (C=O) groups excluding carboxylic acids is 6. The third kappa shape index (κ3) is 10.1. The molecule has 10 rings (SSSR count). The second-order valence-electron chi connectivity index (χ2n) is 19.7. The van der Waals surface area contributed by atoms with Crippen LogP contribution in [0, 0.1) is 0 Å². The summed E-state index contributed by atoms with van der Waals surface area (Å²) in [4.78, 5) is 83.9. The van der Waals surface area contributed by atoms with Crippen LogP contribution in [0.3, 0.4) is 0 Å². The molecule has 2 saturated heterocycles. The highest BCUT2D eigenvalue weighted by Crippen LogP contribution is 2.56. The predicted octanol–water partition coefficient (Wildman–Crippen LogP) is -0.193. The molecule has 0 aromatic heterocycles. The van der Waals surface area contributed by atoms with E-state index in [1.807, 2.05) is 0 Å².